The van der Waals surface area contributed by atoms with Gasteiger partial charge in [0.25, 0.3) is 0 Å². The molecule has 0 atom stereocenters. The smallest absolute Gasteiger partial charge is 0.218 e. The highest BCUT2D eigenvalue weighted by atomic mass is 32.2. The van der Waals surface area contributed by atoms with Gasteiger partial charge in [-0.3, -0.25) is 0 Å². The zero-order chi connectivity index (χ0) is 13.8. The Morgan fingerprint density at radius 2 is 1.89 bits per heavy atom. The van der Waals surface area contributed by atoms with Crippen molar-refractivity contribution in [1.29, 1.82) is 5.26 Å². The van der Waals surface area contributed by atoms with Gasteiger partial charge in [0, 0.05) is 20.3 Å². The van der Waals surface area contributed by atoms with Crippen molar-refractivity contribution in [3.63, 3.8) is 0 Å². The molecule has 0 fully saturated rings. The van der Waals surface area contributed by atoms with Crippen LogP contribution in [0, 0.1) is 11.3 Å². The van der Waals surface area contributed by atoms with E-state index >= 15 is 0 Å². The Balaban J connectivity index is 3.24. The molecule has 0 amide bonds. The molecule has 5 heteroatoms. The van der Waals surface area contributed by atoms with Crippen LogP contribution in [-0.4, -0.2) is 27.4 Å². The molecule has 0 saturated carbocycles. The van der Waals surface area contributed by atoms with Gasteiger partial charge in [0.1, 0.15) is 6.07 Å². The first-order chi connectivity index (χ1) is 8.41. The summed E-state index contributed by atoms with van der Waals surface area (Å²) in [6, 6.07) is 8.33. The van der Waals surface area contributed by atoms with Gasteiger partial charge < -0.3 is 4.90 Å². The lowest BCUT2D eigenvalue weighted by molar-refractivity contribution is 0.559. The fourth-order valence-corrected chi connectivity index (χ4v) is 2.64. The molecule has 0 bridgehead atoms. The summed E-state index contributed by atoms with van der Waals surface area (Å²) in [6.07, 6.45) is 2.15. The van der Waals surface area contributed by atoms with Crippen molar-refractivity contribution in [3.8, 4) is 6.07 Å². The van der Waals surface area contributed by atoms with Gasteiger partial charge in [-0.15, -0.1) is 0 Å². The van der Waals surface area contributed by atoms with Gasteiger partial charge in [0.2, 0.25) is 9.84 Å². The van der Waals surface area contributed by atoms with Crippen molar-refractivity contribution < 1.29 is 8.42 Å². The van der Waals surface area contributed by atoms with Gasteiger partial charge in [-0.05, 0) is 24.1 Å². The average molecular weight is 264 g/mol. The van der Waals surface area contributed by atoms with Crippen molar-refractivity contribution in [2.24, 2.45) is 0 Å². The van der Waals surface area contributed by atoms with Crippen molar-refractivity contribution in [3.05, 3.63) is 40.9 Å². The van der Waals surface area contributed by atoms with Crippen molar-refractivity contribution in [1.82, 2.24) is 4.90 Å². The molecule has 0 heterocycles. The Labute approximate surface area is 108 Å². The van der Waals surface area contributed by atoms with E-state index in [1.165, 1.54) is 23.2 Å². The van der Waals surface area contributed by atoms with Gasteiger partial charge in [-0.1, -0.05) is 19.1 Å². The first-order valence-corrected chi connectivity index (χ1v) is 7.02. The van der Waals surface area contributed by atoms with E-state index in [0.717, 1.165) is 12.0 Å². The third kappa shape index (κ3) is 3.11. The Morgan fingerprint density at radius 1 is 1.33 bits per heavy atom. The lowest BCUT2D eigenvalue weighted by Crippen LogP contribution is -2.09. The predicted octanol–water partition coefficient (Wildman–Crippen LogP) is 1.95. The summed E-state index contributed by atoms with van der Waals surface area (Å²) in [5.41, 5.74) is 1.06. The summed E-state index contributed by atoms with van der Waals surface area (Å²) in [4.78, 5) is 1.43. The van der Waals surface area contributed by atoms with Crippen LogP contribution in [0.4, 0.5) is 0 Å². The molecule has 4 nitrogen and oxygen atoms in total. The summed E-state index contributed by atoms with van der Waals surface area (Å²) < 4.78 is 24.4. The van der Waals surface area contributed by atoms with Gasteiger partial charge in [0.05, 0.1) is 4.90 Å². The largest absolute Gasteiger partial charge is 0.382 e. The second-order valence-electron chi connectivity index (χ2n) is 4.07. The van der Waals surface area contributed by atoms with Crippen molar-refractivity contribution >= 4 is 9.84 Å². The van der Waals surface area contributed by atoms with Gasteiger partial charge in [-0.2, -0.15) is 5.26 Å². The first-order valence-electron chi connectivity index (χ1n) is 5.54. The van der Waals surface area contributed by atoms with Crippen LogP contribution < -0.4 is 0 Å². The minimum Gasteiger partial charge on any atom is -0.382 e. The van der Waals surface area contributed by atoms with Crippen LogP contribution in [0.25, 0.3) is 0 Å². The molecular formula is C13H16N2O2S. The van der Waals surface area contributed by atoms with E-state index in [1.54, 1.807) is 32.3 Å². The maximum Gasteiger partial charge on any atom is 0.218 e. The van der Waals surface area contributed by atoms with Crippen LogP contribution in [0.2, 0.25) is 0 Å². The number of rotatable bonds is 4. The molecule has 1 rings (SSSR count). The predicted molar refractivity (Wildman–Crippen MR) is 70.4 cm³/mol. The Hall–Kier alpha value is -1.80. The van der Waals surface area contributed by atoms with Crippen LogP contribution in [0.5, 0.6) is 0 Å². The zero-order valence-corrected chi connectivity index (χ0v) is 11.5. The third-order valence-electron chi connectivity index (χ3n) is 2.42. The van der Waals surface area contributed by atoms with Crippen LogP contribution in [0.3, 0.4) is 0 Å². The Kier molecular flexibility index (Phi) is 4.51. The highest BCUT2D eigenvalue weighted by Gasteiger charge is 2.20. The van der Waals surface area contributed by atoms with E-state index in [2.05, 4.69) is 0 Å². The third-order valence-corrected chi connectivity index (χ3v) is 4.09. The van der Waals surface area contributed by atoms with E-state index in [-0.39, 0.29) is 9.80 Å². The molecule has 1 aromatic carbocycles. The number of sulfone groups is 1. The van der Waals surface area contributed by atoms with Crippen molar-refractivity contribution in [2.45, 2.75) is 18.2 Å². The summed E-state index contributed by atoms with van der Waals surface area (Å²) in [5.74, 6) is 0. The van der Waals surface area contributed by atoms with Crippen LogP contribution in [0.1, 0.15) is 12.5 Å². The number of nitriles is 1. The second kappa shape index (κ2) is 5.69. The highest BCUT2D eigenvalue weighted by Crippen LogP contribution is 2.19. The molecule has 0 N–H and O–H groups in total. The van der Waals surface area contributed by atoms with Crippen molar-refractivity contribution in [2.75, 3.05) is 14.1 Å². The van der Waals surface area contributed by atoms with E-state index in [4.69, 9.17) is 5.26 Å². The Morgan fingerprint density at radius 3 is 2.28 bits per heavy atom. The molecule has 0 spiro atoms. The van der Waals surface area contributed by atoms with Gasteiger partial charge in [0.15, 0.2) is 4.91 Å². The molecule has 1 aromatic rings. The minimum absolute atomic E-state index is 0.148. The van der Waals surface area contributed by atoms with Gasteiger partial charge >= 0.3 is 0 Å². The molecule has 18 heavy (non-hydrogen) atoms. The molecule has 0 saturated heterocycles. The average Bonchev–Trinajstić information content (AvgIpc) is 2.35. The summed E-state index contributed by atoms with van der Waals surface area (Å²) in [7, 11) is -0.366. The maximum atomic E-state index is 12.2. The fourth-order valence-electron chi connectivity index (χ4n) is 1.42. The molecular weight excluding hydrogens is 248 g/mol. The fraction of sp³-hybridized carbons (Fsp3) is 0.308. The monoisotopic (exact) mass is 264 g/mol. The first kappa shape index (κ1) is 14.3. The molecule has 0 radical (unpaired) electrons. The lowest BCUT2D eigenvalue weighted by Gasteiger charge is -2.08. The zero-order valence-electron chi connectivity index (χ0n) is 10.7. The summed E-state index contributed by atoms with van der Waals surface area (Å²) in [5, 5.41) is 8.95. The van der Waals surface area contributed by atoms with Crippen LogP contribution >= 0.6 is 0 Å². The maximum absolute atomic E-state index is 12.2. The quantitative estimate of drug-likeness (QED) is 0.780. The van der Waals surface area contributed by atoms with Crippen LogP contribution in [-0.2, 0) is 16.3 Å². The number of nitrogens with zero attached hydrogens (tertiary/aromatic N) is 2. The topological polar surface area (TPSA) is 61.2 Å². The number of aryl methyl sites for hydroxylation is 1. The minimum atomic E-state index is -3.71. The molecule has 0 aliphatic carbocycles. The summed E-state index contributed by atoms with van der Waals surface area (Å²) >= 11 is 0. The molecule has 0 aliphatic heterocycles. The summed E-state index contributed by atoms with van der Waals surface area (Å²) in [6.45, 7) is 2.00. The van der Waals surface area contributed by atoms with E-state index in [1.807, 2.05) is 6.92 Å². The lowest BCUT2D eigenvalue weighted by atomic mass is 10.2. The van der Waals surface area contributed by atoms with Gasteiger partial charge in [-0.25, -0.2) is 8.42 Å². The van der Waals surface area contributed by atoms with Crippen LogP contribution in [0.15, 0.2) is 40.3 Å². The number of hydrogen-bond donors (Lipinski definition) is 0. The number of allylic oxidation sites excluding steroid dienone is 1. The number of benzene rings is 1. The molecule has 96 valence electrons. The standard InChI is InChI=1S/C13H16N2O2S/c1-4-11-5-7-12(8-6-11)18(16,17)13(9-14)10-15(2)3/h5-8,10H,4H2,1-3H3/b13-10+. The molecule has 0 aliphatic rings. The number of hydrogen-bond acceptors (Lipinski definition) is 4. The Bertz CT molecular complexity index is 578. The van der Waals surface area contributed by atoms with E-state index < -0.39 is 9.84 Å². The van der Waals surface area contributed by atoms with E-state index in [9.17, 15) is 8.42 Å². The normalized spacial score (nSPS) is 12.0. The SMILES string of the molecule is CCc1ccc(S(=O)(=O)/C(C#N)=C/N(C)C)cc1. The molecule has 0 unspecified atom stereocenters. The second-order valence-corrected chi connectivity index (χ2v) is 5.99. The molecule has 0 aromatic heterocycles. The highest BCUT2D eigenvalue weighted by molar-refractivity contribution is 7.95. The van der Waals surface area contributed by atoms with E-state index in [0.29, 0.717) is 0 Å².